The van der Waals surface area contributed by atoms with Crippen molar-refractivity contribution in [2.45, 2.75) is 25.7 Å². The highest BCUT2D eigenvalue weighted by Gasteiger charge is 2.19. The summed E-state index contributed by atoms with van der Waals surface area (Å²) in [7, 11) is 0. The number of hydrogen-bond acceptors (Lipinski definition) is 3. The summed E-state index contributed by atoms with van der Waals surface area (Å²) in [5.41, 5.74) is 1.50. The Morgan fingerprint density at radius 1 is 1.33 bits per heavy atom. The second-order valence-electron chi connectivity index (χ2n) is 4.37. The van der Waals surface area contributed by atoms with Crippen LogP contribution in [0.15, 0.2) is 24.5 Å². The lowest BCUT2D eigenvalue weighted by atomic mass is 9.85. The van der Waals surface area contributed by atoms with E-state index < -0.39 is 0 Å². The van der Waals surface area contributed by atoms with E-state index in [1.165, 1.54) is 5.56 Å². The zero-order chi connectivity index (χ0) is 11.1. The van der Waals surface area contributed by atoms with Crippen LogP contribution in [0.2, 0.25) is 0 Å². The van der Waals surface area contributed by atoms with E-state index in [9.17, 15) is 0 Å². The molecule has 0 aliphatic heterocycles. The van der Waals surface area contributed by atoms with Gasteiger partial charge in [-0.2, -0.15) is 12.6 Å². The Hall–Kier alpha value is -0.540. The first-order valence-electron chi connectivity index (χ1n) is 5.39. The average molecular weight is 224 g/mol. The van der Waals surface area contributed by atoms with E-state index in [2.05, 4.69) is 48.9 Å². The largest absolute Gasteiger partial charge is 0.316 e. The monoisotopic (exact) mass is 224 g/mol. The van der Waals surface area contributed by atoms with Crippen LogP contribution in [0.1, 0.15) is 25.8 Å². The van der Waals surface area contributed by atoms with Crippen molar-refractivity contribution < 1.29 is 0 Å². The molecule has 15 heavy (non-hydrogen) atoms. The lowest BCUT2D eigenvalue weighted by Crippen LogP contribution is -2.33. The quantitative estimate of drug-likeness (QED) is 0.572. The van der Waals surface area contributed by atoms with Crippen LogP contribution in [-0.4, -0.2) is 23.8 Å². The number of pyridine rings is 1. The van der Waals surface area contributed by atoms with Gasteiger partial charge in [0.15, 0.2) is 0 Å². The molecule has 0 aliphatic carbocycles. The zero-order valence-corrected chi connectivity index (χ0v) is 10.4. The summed E-state index contributed by atoms with van der Waals surface area (Å²) >= 11 is 4.19. The minimum atomic E-state index is 0.166. The molecule has 0 bridgehead atoms. The predicted molar refractivity (Wildman–Crippen MR) is 68.6 cm³/mol. The van der Waals surface area contributed by atoms with Crippen molar-refractivity contribution in [3.8, 4) is 0 Å². The van der Waals surface area contributed by atoms with Crippen LogP contribution in [0.3, 0.4) is 0 Å². The Labute approximate surface area is 97.9 Å². The van der Waals surface area contributed by atoms with Crippen LogP contribution in [-0.2, 0) is 5.41 Å². The van der Waals surface area contributed by atoms with Crippen molar-refractivity contribution in [3.05, 3.63) is 30.1 Å². The Kier molecular flexibility index (Phi) is 5.12. The van der Waals surface area contributed by atoms with Gasteiger partial charge in [-0.1, -0.05) is 13.8 Å². The molecule has 0 saturated carbocycles. The van der Waals surface area contributed by atoms with Crippen molar-refractivity contribution in [1.29, 1.82) is 0 Å². The Balaban J connectivity index is 2.45. The number of nitrogens with zero attached hydrogens (tertiary/aromatic N) is 1. The average Bonchev–Trinajstić information content (AvgIpc) is 2.26. The standard InChI is InChI=1S/C12H20N2S/c1-12(2,10-14-6-3-9-15)11-4-7-13-8-5-11/h4-5,7-8,14-15H,3,6,9-10H2,1-2H3. The molecule has 0 atom stereocenters. The van der Waals surface area contributed by atoms with E-state index in [-0.39, 0.29) is 5.41 Å². The molecule has 0 aromatic carbocycles. The molecule has 1 aromatic rings. The summed E-state index contributed by atoms with van der Waals surface area (Å²) < 4.78 is 0. The van der Waals surface area contributed by atoms with E-state index in [0.717, 1.165) is 25.3 Å². The SMILES string of the molecule is CC(C)(CNCCCS)c1ccncc1. The first-order valence-corrected chi connectivity index (χ1v) is 6.02. The van der Waals surface area contributed by atoms with Crippen LogP contribution >= 0.6 is 12.6 Å². The maximum absolute atomic E-state index is 4.19. The first kappa shape index (κ1) is 12.5. The van der Waals surface area contributed by atoms with Crippen molar-refractivity contribution in [1.82, 2.24) is 10.3 Å². The maximum Gasteiger partial charge on any atom is 0.0270 e. The second-order valence-corrected chi connectivity index (χ2v) is 4.82. The zero-order valence-electron chi connectivity index (χ0n) is 9.53. The van der Waals surface area contributed by atoms with Gasteiger partial charge in [-0.05, 0) is 36.4 Å². The molecule has 0 aliphatic rings. The predicted octanol–water partition coefficient (Wildman–Crippen LogP) is 2.27. The third-order valence-electron chi connectivity index (χ3n) is 2.54. The molecule has 2 nitrogen and oxygen atoms in total. The fourth-order valence-corrected chi connectivity index (χ4v) is 1.67. The van der Waals surface area contributed by atoms with Gasteiger partial charge in [0.2, 0.25) is 0 Å². The molecular formula is C12H20N2S. The lowest BCUT2D eigenvalue weighted by molar-refractivity contribution is 0.470. The molecule has 0 unspecified atom stereocenters. The van der Waals surface area contributed by atoms with E-state index in [4.69, 9.17) is 0 Å². The molecule has 1 N–H and O–H groups in total. The van der Waals surface area contributed by atoms with Crippen LogP contribution in [0.5, 0.6) is 0 Å². The summed E-state index contributed by atoms with van der Waals surface area (Å²) in [6, 6.07) is 4.17. The van der Waals surface area contributed by atoms with E-state index >= 15 is 0 Å². The molecule has 84 valence electrons. The fourth-order valence-electron chi connectivity index (χ4n) is 1.51. The molecule has 0 amide bonds. The van der Waals surface area contributed by atoms with Crippen molar-refractivity contribution in [3.63, 3.8) is 0 Å². The van der Waals surface area contributed by atoms with Crippen LogP contribution < -0.4 is 5.32 Å². The maximum atomic E-state index is 4.19. The fraction of sp³-hybridized carbons (Fsp3) is 0.583. The van der Waals surface area contributed by atoms with Gasteiger partial charge in [-0.25, -0.2) is 0 Å². The van der Waals surface area contributed by atoms with Gasteiger partial charge in [0, 0.05) is 24.4 Å². The van der Waals surface area contributed by atoms with Gasteiger partial charge in [0.05, 0.1) is 0 Å². The summed E-state index contributed by atoms with van der Waals surface area (Å²) in [4.78, 5) is 4.04. The van der Waals surface area contributed by atoms with Crippen LogP contribution in [0.25, 0.3) is 0 Å². The number of thiol groups is 1. The normalized spacial score (nSPS) is 11.7. The Morgan fingerprint density at radius 3 is 2.60 bits per heavy atom. The minimum Gasteiger partial charge on any atom is -0.316 e. The highest BCUT2D eigenvalue weighted by atomic mass is 32.1. The van der Waals surface area contributed by atoms with Gasteiger partial charge >= 0.3 is 0 Å². The van der Waals surface area contributed by atoms with E-state index in [1.54, 1.807) is 0 Å². The summed E-state index contributed by atoms with van der Waals surface area (Å²) in [5.74, 6) is 0.947. The van der Waals surface area contributed by atoms with Gasteiger partial charge in [-0.15, -0.1) is 0 Å². The van der Waals surface area contributed by atoms with Crippen molar-refractivity contribution in [2.75, 3.05) is 18.8 Å². The lowest BCUT2D eigenvalue weighted by Gasteiger charge is -2.25. The number of aromatic nitrogens is 1. The number of rotatable bonds is 6. The molecule has 0 radical (unpaired) electrons. The van der Waals surface area contributed by atoms with Gasteiger partial charge in [0.1, 0.15) is 0 Å². The Morgan fingerprint density at radius 2 is 2.00 bits per heavy atom. The molecular weight excluding hydrogens is 204 g/mol. The molecule has 3 heteroatoms. The highest BCUT2D eigenvalue weighted by molar-refractivity contribution is 7.80. The van der Waals surface area contributed by atoms with Gasteiger partial charge in [-0.3, -0.25) is 4.98 Å². The molecule has 0 fully saturated rings. The minimum absolute atomic E-state index is 0.166. The first-order chi connectivity index (χ1) is 7.17. The van der Waals surface area contributed by atoms with Gasteiger partial charge < -0.3 is 5.32 Å². The topological polar surface area (TPSA) is 24.9 Å². The van der Waals surface area contributed by atoms with E-state index in [1.807, 2.05) is 12.4 Å². The third-order valence-corrected chi connectivity index (χ3v) is 2.86. The van der Waals surface area contributed by atoms with Gasteiger partial charge in [0.25, 0.3) is 0 Å². The van der Waals surface area contributed by atoms with Crippen molar-refractivity contribution in [2.24, 2.45) is 0 Å². The highest BCUT2D eigenvalue weighted by Crippen LogP contribution is 2.20. The molecule has 0 spiro atoms. The van der Waals surface area contributed by atoms with Crippen molar-refractivity contribution >= 4 is 12.6 Å². The Bertz CT molecular complexity index is 272. The number of nitrogens with one attached hydrogen (secondary N) is 1. The second kappa shape index (κ2) is 6.13. The smallest absolute Gasteiger partial charge is 0.0270 e. The molecule has 1 heterocycles. The van der Waals surface area contributed by atoms with Crippen LogP contribution in [0.4, 0.5) is 0 Å². The molecule has 1 aromatic heterocycles. The summed E-state index contributed by atoms with van der Waals surface area (Å²) in [6.45, 7) is 6.52. The molecule has 0 saturated heterocycles. The third kappa shape index (κ3) is 4.22. The number of hydrogen-bond donors (Lipinski definition) is 2. The summed E-state index contributed by atoms with van der Waals surface area (Å²) in [5, 5.41) is 3.46. The molecule has 1 rings (SSSR count). The van der Waals surface area contributed by atoms with Crippen LogP contribution in [0, 0.1) is 0 Å². The summed E-state index contributed by atoms with van der Waals surface area (Å²) in [6.07, 6.45) is 4.82. The van der Waals surface area contributed by atoms with E-state index in [0.29, 0.717) is 0 Å².